The van der Waals surface area contributed by atoms with Gasteiger partial charge >= 0.3 is 0 Å². The maximum Gasteiger partial charge on any atom is 0.231 e. The monoisotopic (exact) mass is 263 g/mol. The fourth-order valence-electron chi connectivity index (χ4n) is 1.74. The molecule has 0 saturated carbocycles. The summed E-state index contributed by atoms with van der Waals surface area (Å²) in [6, 6.07) is 5.73. The average molecular weight is 263 g/mol. The van der Waals surface area contributed by atoms with E-state index in [2.05, 4.69) is 4.98 Å². The molecule has 0 atom stereocenters. The molecule has 18 heavy (non-hydrogen) atoms. The van der Waals surface area contributed by atoms with E-state index >= 15 is 0 Å². The SMILES string of the molecule is CC(C)(O)c1nc(-c2ccc3c(c2)OCO3)cs1. The van der Waals surface area contributed by atoms with Crippen molar-refractivity contribution < 1.29 is 14.6 Å². The van der Waals surface area contributed by atoms with Crippen LogP contribution in [-0.2, 0) is 5.60 Å². The van der Waals surface area contributed by atoms with Crippen molar-refractivity contribution in [2.75, 3.05) is 6.79 Å². The van der Waals surface area contributed by atoms with Gasteiger partial charge in [-0.3, -0.25) is 0 Å². The highest BCUT2D eigenvalue weighted by Crippen LogP contribution is 2.36. The van der Waals surface area contributed by atoms with Crippen LogP contribution < -0.4 is 9.47 Å². The van der Waals surface area contributed by atoms with Crippen LogP contribution in [-0.4, -0.2) is 16.9 Å². The highest BCUT2D eigenvalue weighted by Gasteiger charge is 2.21. The zero-order valence-corrected chi connectivity index (χ0v) is 11.0. The number of rotatable bonds is 2. The first kappa shape index (κ1) is 11.5. The molecule has 0 spiro atoms. The van der Waals surface area contributed by atoms with Gasteiger partial charge in [-0.15, -0.1) is 11.3 Å². The second-order valence-electron chi connectivity index (χ2n) is 4.66. The van der Waals surface area contributed by atoms with Crippen molar-refractivity contribution >= 4 is 11.3 Å². The number of thiazole rings is 1. The Bertz CT molecular complexity index is 586. The van der Waals surface area contributed by atoms with E-state index in [-0.39, 0.29) is 6.79 Å². The highest BCUT2D eigenvalue weighted by atomic mass is 32.1. The van der Waals surface area contributed by atoms with Crippen LogP contribution >= 0.6 is 11.3 Å². The van der Waals surface area contributed by atoms with Gasteiger partial charge in [0.15, 0.2) is 11.5 Å². The highest BCUT2D eigenvalue weighted by molar-refractivity contribution is 7.10. The molecule has 0 bridgehead atoms. The Labute approximate surface area is 109 Å². The summed E-state index contributed by atoms with van der Waals surface area (Å²) in [5.74, 6) is 1.50. The first-order valence-electron chi connectivity index (χ1n) is 5.62. The van der Waals surface area contributed by atoms with Crippen molar-refractivity contribution in [3.05, 3.63) is 28.6 Å². The lowest BCUT2D eigenvalue weighted by atomic mass is 10.1. The molecule has 1 aromatic carbocycles. The minimum atomic E-state index is -0.904. The Hall–Kier alpha value is -1.59. The van der Waals surface area contributed by atoms with E-state index in [1.165, 1.54) is 11.3 Å². The van der Waals surface area contributed by atoms with Gasteiger partial charge in [-0.1, -0.05) is 0 Å². The normalized spacial score (nSPS) is 13.9. The van der Waals surface area contributed by atoms with Crippen molar-refractivity contribution in [3.8, 4) is 22.8 Å². The van der Waals surface area contributed by atoms with E-state index in [1.807, 2.05) is 23.6 Å². The van der Waals surface area contributed by atoms with Gasteiger partial charge in [0.1, 0.15) is 10.6 Å². The van der Waals surface area contributed by atoms with Crippen LogP contribution in [0.3, 0.4) is 0 Å². The fourth-order valence-corrected chi connectivity index (χ4v) is 2.59. The van der Waals surface area contributed by atoms with Crippen molar-refractivity contribution in [2.24, 2.45) is 0 Å². The van der Waals surface area contributed by atoms with Crippen molar-refractivity contribution in [1.29, 1.82) is 0 Å². The third-order valence-electron chi connectivity index (χ3n) is 2.70. The van der Waals surface area contributed by atoms with Gasteiger partial charge in [0.25, 0.3) is 0 Å². The standard InChI is InChI=1S/C13H13NO3S/c1-13(2,15)12-14-9(6-18-12)8-3-4-10-11(5-8)17-7-16-10/h3-6,15H,7H2,1-2H3. The predicted octanol–water partition coefficient (Wildman–Crippen LogP) is 2.77. The van der Waals surface area contributed by atoms with Crippen LogP contribution in [0.1, 0.15) is 18.9 Å². The van der Waals surface area contributed by atoms with E-state index in [0.29, 0.717) is 5.01 Å². The molecule has 0 amide bonds. The summed E-state index contributed by atoms with van der Waals surface area (Å²) in [4.78, 5) is 4.45. The minimum Gasteiger partial charge on any atom is -0.454 e. The Balaban J connectivity index is 1.98. The van der Waals surface area contributed by atoms with Crippen molar-refractivity contribution in [3.63, 3.8) is 0 Å². The van der Waals surface area contributed by atoms with Crippen LogP contribution in [0.4, 0.5) is 0 Å². The van der Waals surface area contributed by atoms with Gasteiger partial charge in [-0.2, -0.15) is 0 Å². The molecule has 94 valence electrons. The number of aliphatic hydroxyl groups is 1. The summed E-state index contributed by atoms with van der Waals surface area (Å²) in [6.07, 6.45) is 0. The third kappa shape index (κ3) is 1.95. The maximum atomic E-state index is 9.91. The van der Waals surface area contributed by atoms with Crippen LogP contribution in [0.25, 0.3) is 11.3 Å². The quantitative estimate of drug-likeness (QED) is 0.905. The molecule has 2 aromatic rings. The molecule has 0 saturated heterocycles. The molecule has 0 fully saturated rings. The summed E-state index contributed by atoms with van der Waals surface area (Å²) in [6.45, 7) is 3.73. The van der Waals surface area contributed by atoms with Crippen LogP contribution in [0.5, 0.6) is 11.5 Å². The number of hydrogen-bond donors (Lipinski definition) is 1. The van der Waals surface area contributed by atoms with Crippen molar-refractivity contribution in [2.45, 2.75) is 19.4 Å². The molecule has 0 radical (unpaired) electrons. The smallest absolute Gasteiger partial charge is 0.231 e. The second kappa shape index (κ2) is 3.96. The second-order valence-corrected chi connectivity index (χ2v) is 5.52. The van der Waals surface area contributed by atoms with E-state index in [4.69, 9.17) is 9.47 Å². The van der Waals surface area contributed by atoms with E-state index in [1.54, 1.807) is 13.8 Å². The van der Waals surface area contributed by atoms with Crippen molar-refractivity contribution in [1.82, 2.24) is 4.98 Å². The molecule has 3 rings (SSSR count). The molecular weight excluding hydrogens is 250 g/mol. The molecule has 4 nitrogen and oxygen atoms in total. The average Bonchev–Trinajstić information content (AvgIpc) is 2.96. The molecule has 1 N–H and O–H groups in total. The summed E-state index contributed by atoms with van der Waals surface area (Å²) in [5, 5.41) is 12.5. The van der Waals surface area contributed by atoms with Crippen LogP contribution in [0.2, 0.25) is 0 Å². The molecular formula is C13H13NO3S. The predicted molar refractivity (Wildman–Crippen MR) is 68.9 cm³/mol. The fraction of sp³-hybridized carbons (Fsp3) is 0.308. The third-order valence-corrected chi connectivity index (χ3v) is 3.85. The molecule has 0 unspecified atom stereocenters. The molecule has 1 aliphatic heterocycles. The number of fused-ring (bicyclic) bond motifs is 1. The Morgan fingerprint density at radius 3 is 2.78 bits per heavy atom. The summed E-state index contributed by atoms with van der Waals surface area (Å²) in [7, 11) is 0. The van der Waals surface area contributed by atoms with Gasteiger partial charge in [-0.05, 0) is 32.0 Å². The summed E-state index contributed by atoms with van der Waals surface area (Å²) >= 11 is 1.45. The Morgan fingerprint density at radius 1 is 1.28 bits per heavy atom. The van der Waals surface area contributed by atoms with Crippen LogP contribution in [0, 0.1) is 0 Å². The number of nitrogens with zero attached hydrogens (tertiary/aromatic N) is 1. The molecule has 2 heterocycles. The molecule has 5 heteroatoms. The lowest BCUT2D eigenvalue weighted by Crippen LogP contribution is -2.14. The van der Waals surface area contributed by atoms with Gasteiger partial charge in [0, 0.05) is 10.9 Å². The molecule has 0 aliphatic carbocycles. The minimum absolute atomic E-state index is 0.269. The lowest BCUT2D eigenvalue weighted by molar-refractivity contribution is 0.0783. The largest absolute Gasteiger partial charge is 0.454 e. The van der Waals surface area contributed by atoms with Gasteiger partial charge in [0.2, 0.25) is 6.79 Å². The number of hydrogen-bond acceptors (Lipinski definition) is 5. The lowest BCUT2D eigenvalue weighted by Gasteiger charge is -2.12. The first-order chi connectivity index (χ1) is 8.54. The Kier molecular flexibility index (Phi) is 2.53. The summed E-state index contributed by atoms with van der Waals surface area (Å²) < 4.78 is 10.6. The maximum absolute atomic E-state index is 9.91. The zero-order chi connectivity index (χ0) is 12.8. The zero-order valence-electron chi connectivity index (χ0n) is 10.1. The summed E-state index contributed by atoms with van der Waals surface area (Å²) in [5.41, 5.74) is 0.903. The Morgan fingerprint density at radius 2 is 2.06 bits per heavy atom. The number of aromatic nitrogens is 1. The first-order valence-corrected chi connectivity index (χ1v) is 6.50. The van der Waals surface area contributed by atoms with E-state index in [0.717, 1.165) is 22.8 Å². The van der Waals surface area contributed by atoms with Gasteiger partial charge in [-0.25, -0.2) is 4.98 Å². The van der Waals surface area contributed by atoms with Gasteiger partial charge < -0.3 is 14.6 Å². The number of ether oxygens (including phenoxy) is 2. The van der Waals surface area contributed by atoms with Gasteiger partial charge in [0.05, 0.1) is 5.69 Å². The number of benzene rings is 1. The van der Waals surface area contributed by atoms with E-state index < -0.39 is 5.60 Å². The topological polar surface area (TPSA) is 51.6 Å². The molecule has 1 aromatic heterocycles. The van der Waals surface area contributed by atoms with E-state index in [9.17, 15) is 5.11 Å². The van der Waals surface area contributed by atoms with Crippen LogP contribution in [0.15, 0.2) is 23.6 Å². The molecule has 1 aliphatic rings.